The summed E-state index contributed by atoms with van der Waals surface area (Å²) in [5, 5.41) is 0. The molecule has 0 radical (unpaired) electrons. The number of halogens is 3. The van der Waals surface area contributed by atoms with Gasteiger partial charge in [-0.25, -0.2) is 18.0 Å². The Kier molecular flexibility index (Phi) is 3.43. The number of nitrogens with two attached hydrogens (primary N) is 1. The van der Waals surface area contributed by atoms with E-state index in [9.17, 15) is 27.6 Å². The molecule has 1 aromatic carbocycles. The van der Waals surface area contributed by atoms with Gasteiger partial charge in [0.05, 0.1) is 29.9 Å². The van der Waals surface area contributed by atoms with Crippen molar-refractivity contribution >= 4 is 29.3 Å². The Morgan fingerprint density at radius 2 is 2.04 bits per heavy atom. The first-order valence-corrected chi connectivity index (χ1v) is 6.87. The standard InChI is InChI=1S/C14H12F3N3O4/c1-19-10(21)4-14(16,17)7-2-6(3-8(15)11(7)19)20-5-9(12(18)22)24-13(20)23/h2-3,9H,4-5H2,1H3,(H2,18,22)/t9-/m1/s1. The van der Waals surface area contributed by atoms with E-state index >= 15 is 0 Å². The number of alkyl halides is 2. The third-order valence-corrected chi connectivity index (χ3v) is 3.97. The molecule has 2 N–H and O–H groups in total. The van der Waals surface area contributed by atoms with Crippen molar-refractivity contribution in [3.8, 4) is 0 Å². The SMILES string of the molecule is CN1C(=O)CC(F)(F)c2cc(N3C[C@H](C(N)=O)OC3=O)cc(F)c21. The summed E-state index contributed by atoms with van der Waals surface area (Å²) < 4.78 is 47.3. The second-order valence-electron chi connectivity index (χ2n) is 5.54. The lowest BCUT2D eigenvalue weighted by Crippen LogP contribution is -2.39. The number of carbonyl (C=O) groups excluding carboxylic acids is 3. The van der Waals surface area contributed by atoms with E-state index in [1.807, 2.05) is 0 Å². The van der Waals surface area contributed by atoms with Crippen LogP contribution in [0.2, 0.25) is 0 Å². The van der Waals surface area contributed by atoms with Crippen molar-refractivity contribution in [2.45, 2.75) is 18.4 Å². The number of ether oxygens (including phenoxy) is 1. The summed E-state index contributed by atoms with van der Waals surface area (Å²) in [5.74, 6) is -6.50. The van der Waals surface area contributed by atoms with Gasteiger partial charge in [-0.2, -0.15) is 0 Å². The maximum Gasteiger partial charge on any atom is 0.415 e. The van der Waals surface area contributed by atoms with Crippen LogP contribution in [0.1, 0.15) is 12.0 Å². The molecule has 1 saturated heterocycles. The number of hydrogen-bond acceptors (Lipinski definition) is 4. The molecule has 1 atom stereocenters. The van der Waals surface area contributed by atoms with E-state index in [1.165, 1.54) is 7.05 Å². The van der Waals surface area contributed by atoms with Crippen LogP contribution in [-0.2, 0) is 20.2 Å². The van der Waals surface area contributed by atoms with E-state index in [0.717, 1.165) is 21.9 Å². The van der Waals surface area contributed by atoms with Crippen LogP contribution in [0.4, 0.5) is 29.3 Å². The monoisotopic (exact) mass is 343 g/mol. The number of carbonyl (C=O) groups is 3. The summed E-state index contributed by atoms with van der Waals surface area (Å²) in [6.45, 7) is -0.313. The highest BCUT2D eigenvalue weighted by atomic mass is 19.3. The van der Waals surface area contributed by atoms with Crippen LogP contribution in [0, 0.1) is 5.82 Å². The zero-order valence-corrected chi connectivity index (χ0v) is 12.4. The van der Waals surface area contributed by atoms with Crippen molar-refractivity contribution in [3.63, 3.8) is 0 Å². The van der Waals surface area contributed by atoms with E-state index in [4.69, 9.17) is 10.5 Å². The van der Waals surface area contributed by atoms with Gasteiger partial charge in [-0.05, 0) is 12.1 Å². The zero-order chi connectivity index (χ0) is 17.8. The van der Waals surface area contributed by atoms with E-state index in [2.05, 4.69) is 0 Å². The Labute approximate surface area is 133 Å². The molecule has 2 heterocycles. The van der Waals surface area contributed by atoms with Gasteiger partial charge < -0.3 is 15.4 Å². The number of cyclic esters (lactones) is 1. The quantitative estimate of drug-likeness (QED) is 0.870. The summed E-state index contributed by atoms with van der Waals surface area (Å²) in [4.78, 5) is 36.1. The molecule has 2 aliphatic rings. The van der Waals surface area contributed by atoms with E-state index in [0.29, 0.717) is 0 Å². The molecule has 0 bridgehead atoms. The van der Waals surface area contributed by atoms with Crippen LogP contribution >= 0.6 is 0 Å². The van der Waals surface area contributed by atoms with Gasteiger partial charge in [-0.3, -0.25) is 14.5 Å². The number of fused-ring (bicyclic) bond motifs is 1. The number of amides is 3. The van der Waals surface area contributed by atoms with Crippen LogP contribution in [0.3, 0.4) is 0 Å². The van der Waals surface area contributed by atoms with Crippen molar-refractivity contribution in [2.75, 3.05) is 23.4 Å². The molecule has 0 aliphatic carbocycles. The van der Waals surface area contributed by atoms with E-state index in [-0.39, 0.29) is 12.2 Å². The number of nitrogens with zero attached hydrogens (tertiary/aromatic N) is 2. The Hall–Kier alpha value is -2.78. The molecule has 24 heavy (non-hydrogen) atoms. The summed E-state index contributed by atoms with van der Waals surface area (Å²) in [6, 6.07) is 1.74. The summed E-state index contributed by atoms with van der Waals surface area (Å²) in [5.41, 5.74) is 3.57. The van der Waals surface area contributed by atoms with Gasteiger partial charge in [0, 0.05) is 7.05 Å². The first-order valence-electron chi connectivity index (χ1n) is 6.87. The van der Waals surface area contributed by atoms with Crippen LogP contribution in [0.5, 0.6) is 0 Å². The molecule has 0 spiro atoms. The van der Waals surface area contributed by atoms with Crippen molar-refractivity contribution in [2.24, 2.45) is 5.73 Å². The topological polar surface area (TPSA) is 92.9 Å². The fourth-order valence-corrected chi connectivity index (χ4v) is 2.71. The van der Waals surface area contributed by atoms with Gasteiger partial charge in [0.1, 0.15) is 5.82 Å². The Balaban J connectivity index is 2.08. The average Bonchev–Trinajstić information content (AvgIpc) is 2.86. The molecule has 2 aliphatic heterocycles. The second-order valence-corrected chi connectivity index (χ2v) is 5.54. The highest BCUT2D eigenvalue weighted by Gasteiger charge is 2.46. The molecule has 7 nitrogen and oxygen atoms in total. The molecule has 3 rings (SSSR count). The first-order chi connectivity index (χ1) is 11.1. The summed E-state index contributed by atoms with van der Waals surface area (Å²) in [6.07, 6.45) is -3.35. The van der Waals surface area contributed by atoms with Gasteiger partial charge in [0.15, 0.2) is 6.10 Å². The molecular formula is C14H12F3N3O4. The van der Waals surface area contributed by atoms with Crippen molar-refractivity contribution in [1.29, 1.82) is 0 Å². The Morgan fingerprint density at radius 1 is 1.38 bits per heavy atom. The van der Waals surface area contributed by atoms with Gasteiger partial charge in [0.2, 0.25) is 5.91 Å². The first kappa shape index (κ1) is 16.1. The molecular weight excluding hydrogens is 331 g/mol. The minimum atomic E-state index is -3.58. The normalized spacial score (nSPS) is 22.4. The van der Waals surface area contributed by atoms with Gasteiger partial charge >= 0.3 is 6.09 Å². The lowest BCUT2D eigenvalue weighted by atomic mass is 9.96. The average molecular weight is 343 g/mol. The lowest BCUT2D eigenvalue weighted by molar-refractivity contribution is -0.127. The zero-order valence-electron chi connectivity index (χ0n) is 12.4. The van der Waals surface area contributed by atoms with Crippen LogP contribution in [-0.4, -0.2) is 37.6 Å². The van der Waals surface area contributed by atoms with Crippen molar-refractivity contribution in [3.05, 3.63) is 23.5 Å². The molecule has 128 valence electrons. The largest absolute Gasteiger partial charge is 0.434 e. The van der Waals surface area contributed by atoms with Crippen LogP contribution in [0.15, 0.2) is 12.1 Å². The van der Waals surface area contributed by atoms with E-state index in [1.54, 1.807) is 0 Å². The third-order valence-electron chi connectivity index (χ3n) is 3.97. The number of anilines is 2. The van der Waals surface area contributed by atoms with E-state index < -0.39 is 53.4 Å². The Morgan fingerprint density at radius 3 is 2.62 bits per heavy atom. The maximum atomic E-state index is 14.3. The van der Waals surface area contributed by atoms with Gasteiger partial charge in [-0.15, -0.1) is 0 Å². The Bertz CT molecular complexity index is 768. The minimum Gasteiger partial charge on any atom is -0.434 e. The predicted molar refractivity (Wildman–Crippen MR) is 75.1 cm³/mol. The number of rotatable bonds is 2. The summed E-state index contributed by atoms with van der Waals surface area (Å²) >= 11 is 0. The minimum absolute atomic E-state index is 0.206. The molecule has 10 heteroatoms. The molecule has 1 aromatic rings. The highest BCUT2D eigenvalue weighted by Crippen LogP contribution is 2.45. The smallest absolute Gasteiger partial charge is 0.415 e. The van der Waals surface area contributed by atoms with Gasteiger partial charge in [-0.1, -0.05) is 0 Å². The van der Waals surface area contributed by atoms with Gasteiger partial charge in [0.25, 0.3) is 11.8 Å². The molecule has 0 saturated carbocycles. The number of benzene rings is 1. The van der Waals surface area contributed by atoms with Crippen molar-refractivity contribution in [1.82, 2.24) is 0 Å². The summed E-state index contributed by atoms with van der Waals surface area (Å²) in [7, 11) is 1.19. The second kappa shape index (κ2) is 5.11. The number of primary amides is 1. The number of hydrogen-bond donors (Lipinski definition) is 1. The van der Waals surface area contributed by atoms with Crippen molar-refractivity contribution < 1.29 is 32.3 Å². The lowest BCUT2D eigenvalue weighted by Gasteiger charge is -2.32. The maximum absolute atomic E-state index is 14.3. The van der Waals surface area contributed by atoms with Crippen LogP contribution in [0.25, 0.3) is 0 Å². The molecule has 3 amide bonds. The predicted octanol–water partition coefficient (Wildman–Crippen LogP) is 1.09. The highest BCUT2D eigenvalue weighted by molar-refractivity contribution is 5.99. The molecule has 0 aromatic heterocycles. The molecule has 0 unspecified atom stereocenters. The van der Waals surface area contributed by atoms with Crippen LogP contribution < -0.4 is 15.5 Å². The molecule has 1 fully saturated rings. The third kappa shape index (κ3) is 2.34. The fraction of sp³-hybridized carbons (Fsp3) is 0.357. The fourth-order valence-electron chi connectivity index (χ4n) is 2.71.